The minimum Gasteiger partial charge on any atom is -0.469 e. The molecular weight excluding hydrogens is 224 g/mol. The number of thioether (sulfide) groups is 1. The first-order chi connectivity index (χ1) is 7.48. The molecule has 88 valence electrons. The molecule has 2 rings (SSSR count). The van der Waals surface area contributed by atoms with Crippen molar-refractivity contribution < 1.29 is 14.3 Å². The van der Waals surface area contributed by atoms with Gasteiger partial charge in [-0.15, -0.1) is 0 Å². The second kappa shape index (κ2) is 3.91. The fraction of sp³-hybridized carbons (Fsp3) is 0.667. The van der Waals surface area contributed by atoms with Crippen LogP contribution in [0.2, 0.25) is 0 Å². The number of carbonyl (C=O) groups is 2. The molecule has 2 aliphatic rings. The van der Waals surface area contributed by atoms with E-state index in [0.717, 1.165) is 17.7 Å². The molecule has 0 amide bonds. The van der Waals surface area contributed by atoms with Gasteiger partial charge in [0.05, 0.1) is 13.0 Å². The van der Waals surface area contributed by atoms with Crippen LogP contribution in [0.15, 0.2) is 11.6 Å². The molecule has 0 spiro atoms. The van der Waals surface area contributed by atoms with Crippen LogP contribution < -0.4 is 0 Å². The fourth-order valence-corrected chi connectivity index (χ4v) is 3.25. The fourth-order valence-electron chi connectivity index (χ4n) is 2.38. The molecule has 0 aromatic carbocycles. The lowest BCUT2D eigenvalue weighted by molar-refractivity contribution is -0.143. The highest BCUT2D eigenvalue weighted by Gasteiger charge is 2.61. The van der Waals surface area contributed by atoms with Gasteiger partial charge in [0.25, 0.3) is 0 Å². The van der Waals surface area contributed by atoms with E-state index < -0.39 is 0 Å². The molecule has 16 heavy (non-hydrogen) atoms. The van der Waals surface area contributed by atoms with E-state index in [1.165, 1.54) is 18.9 Å². The van der Waals surface area contributed by atoms with Crippen LogP contribution in [0.5, 0.6) is 0 Å². The molecule has 4 heteroatoms. The van der Waals surface area contributed by atoms with Gasteiger partial charge in [0.1, 0.15) is 0 Å². The Morgan fingerprint density at radius 2 is 2.25 bits per heavy atom. The molecule has 0 N–H and O–H groups in total. The predicted octanol–water partition coefficient (Wildman–Crippen LogP) is 2.02. The first-order valence-corrected chi connectivity index (χ1v) is 6.42. The van der Waals surface area contributed by atoms with Crippen LogP contribution in [0.3, 0.4) is 0 Å². The molecule has 0 radical (unpaired) electrons. The number of ether oxygens (including phenoxy) is 1. The van der Waals surface area contributed by atoms with E-state index in [9.17, 15) is 9.59 Å². The maximum atomic E-state index is 11.5. The molecule has 1 aliphatic heterocycles. The van der Waals surface area contributed by atoms with Crippen LogP contribution in [-0.4, -0.2) is 23.9 Å². The van der Waals surface area contributed by atoms with Crippen LogP contribution in [-0.2, 0) is 14.3 Å². The summed E-state index contributed by atoms with van der Waals surface area (Å²) in [5.41, 5.74) is 0.822. The summed E-state index contributed by atoms with van der Waals surface area (Å²) < 4.78 is 4.77. The Labute approximate surface area is 99.6 Å². The molecule has 2 atom stereocenters. The summed E-state index contributed by atoms with van der Waals surface area (Å²) >= 11 is 1.37. The van der Waals surface area contributed by atoms with E-state index in [0.29, 0.717) is 0 Å². The van der Waals surface area contributed by atoms with Gasteiger partial charge in [-0.25, -0.2) is 0 Å². The van der Waals surface area contributed by atoms with Gasteiger partial charge in [-0.1, -0.05) is 31.7 Å². The standard InChI is InChI=1S/C12H16O3S/c1-12(2)8(9(12)10(13)15-3)6-7-4-5-16-11(7)14/h6,8-9H,4-5H2,1-3H3/b7-6+/t8-,9+/m1/s1. The molecule has 1 heterocycles. The molecule has 0 aromatic rings. The molecule has 0 aromatic heterocycles. The molecule has 2 fully saturated rings. The van der Waals surface area contributed by atoms with E-state index in [4.69, 9.17) is 4.74 Å². The van der Waals surface area contributed by atoms with Crippen molar-refractivity contribution in [2.24, 2.45) is 17.3 Å². The first-order valence-electron chi connectivity index (χ1n) is 5.44. The summed E-state index contributed by atoms with van der Waals surface area (Å²) in [6, 6.07) is 0. The molecule has 1 saturated heterocycles. The Morgan fingerprint density at radius 3 is 2.75 bits per heavy atom. The average Bonchev–Trinajstić information content (AvgIpc) is 2.57. The topological polar surface area (TPSA) is 43.4 Å². The summed E-state index contributed by atoms with van der Waals surface area (Å²) in [5.74, 6) is 0.798. The SMILES string of the molecule is COC(=O)[C@@H]1[C@@H](/C=C2\CCSC2=O)C1(C)C. The zero-order chi connectivity index (χ0) is 11.9. The number of carbonyl (C=O) groups excluding carboxylic acids is 2. The van der Waals surface area contributed by atoms with Crippen molar-refractivity contribution in [3.05, 3.63) is 11.6 Å². The third-order valence-corrected chi connectivity index (χ3v) is 4.55. The Bertz CT molecular complexity index is 370. The number of esters is 1. The highest BCUT2D eigenvalue weighted by atomic mass is 32.2. The maximum Gasteiger partial charge on any atom is 0.309 e. The Kier molecular flexibility index (Phi) is 2.86. The predicted molar refractivity (Wildman–Crippen MR) is 62.9 cm³/mol. The van der Waals surface area contributed by atoms with Gasteiger partial charge < -0.3 is 4.74 Å². The van der Waals surface area contributed by atoms with Crippen LogP contribution in [0.25, 0.3) is 0 Å². The molecule has 1 aliphatic carbocycles. The van der Waals surface area contributed by atoms with Crippen molar-refractivity contribution in [3.8, 4) is 0 Å². The van der Waals surface area contributed by atoms with Crippen molar-refractivity contribution >= 4 is 22.8 Å². The number of hydrogen-bond acceptors (Lipinski definition) is 4. The zero-order valence-electron chi connectivity index (χ0n) is 9.78. The van der Waals surface area contributed by atoms with E-state index in [2.05, 4.69) is 0 Å². The lowest BCUT2D eigenvalue weighted by Gasteiger charge is -1.99. The van der Waals surface area contributed by atoms with Crippen LogP contribution >= 0.6 is 11.8 Å². The summed E-state index contributed by atoms with van der Waals surface area (Å²) in [6.07, 6.45) is 2.83. The van der Waals surface area contributed by atoms with Crippen LogP contribution in [0, 0.1) is 17.3 Å². The van der Waals surface area contributed by atoms with Gasteiger partial charge in [0.2, 0.25) is 5.12 Å². The summed E-state index contributed by atoms with van der Waals surface area (Å²) in [7, 11) is 1.41. The molecular formula is C12H16O3S. The largest absolute Gasteiger partial charge is 0.469 e. The number of allylic oxidation sites excluding steroid dienone is 1. The average molecular weight is 240 g/mol. The van der Waals surface area contributed by atoms with Crippen molar-refractivity contribution in [2.75, 3.05) is 12.9 Å². The van der Waals surface area contributed by atoms with Crippen molar-refractivity contribution in [3.63, 3.8) is 0 Å². The van der Waals surface area contributed by atoms with Crippen molar-refractivity contribution in [1.29, 1.82) is 0 Å². The highest BCUT2D eigenvalue weighted by Crippen LogP contribution is 2.60. The van der Waals surface area contributed by atoms with Gasteiger partial charge >= 0.3 is 5.97 Å². The molecule has 0 unspecified atom stereocenters. The Hall–Kier alpha value is -0.770. The second-order valence-electron chi connectivity index (χ2n) is 4.93. The Morgan fingerprint density at radius 1 is 1.56 bits per heavy atom. The summed E-state index contributed by atoms with van der Waals surface area (Å²) in [5, 5.41) is 0.173. The molecule has 1 saturated carbocycles. The highest BCUT2D eigenvalue weighted by molar-refractivity contribution is 8.14. The third-order valence-electron chi connectivity index (χ3n) is 3.61. The van der Waals surface area contributed by atoms with Gasteiger partial charge in [-0.05, 0) is 17.8 Å². The van der Waals surface area contributed by atoms with Crippen molar-refractivity contribution in [2.45, 2.75) is 20.3 Å². The number of rotatable bonds is 2. The van der Waals surface area contributed by atoms with E-state index in [1.54, 1.807) is 0 Å². The zero-order valence-corrected chi connectivity index (χ0v) is 10.6. The normalized spacial score (nSPS) is 34.2. The first kappa shape index (κ1) is 11.7. The molecule has 3 nitrogen and oxygen atoms in total. The smallest absolute Gasteiger partial charge is 0.309 e. The second-order valence-corrected chi connectivity index (χ2v) is 5.99. The van der Waals surface area contributed by atoms with Gasteiger partial charge in [0.15, 0.2) is 0 Å². The van der Waals surface area contributed by atoms with E-state index >= 15 is 0 Å². The van der Waals surface area contributed by atoms with Crippen molar-refractivity contribution in [1.82, 2.24) is 0 Å². The van der Waals surface area contributed by atoms with Crippen LogP contribution in [0.1, 0.15) is 20.3 Å². The van der Waals surface area contributed by atoms with Gasteiger partial charge in [-0.3, -0.25) is 9.59 Å². The number of hydrogen-bond donors (Lipinski definition) is 0. The summed E-state index contributed by atoms with van der Waals surface area (Å²) in [6.45, 7) is 4.09. The third kappa shape index (κ3) is 1.79. The minimum absolute atomic E-state index is 0.0619. The quantitative estimate of drug-likeness (QED) is 0.547. The van der Waals surface area contributed by atoms with Gasteiger partial charge in [-0.2, -0.15) is 0 Å². The van der Waals surface area contributed by atoms with E-state index in [-0.39, 0.29) is 28.3 Å². The minimum atomic E-state index is -0.162. The monoisotopic (exact) mass is 240 g/mol. The lowest BCUT2D eigenvalue weighted by Crippen LogP contribution is -2.07. The van der Waals surface area contributed by atoms with Gasteiger partial charge in [0, 0.05) is 11.3 Å². The van der Waals surface area contributed by atoms with E-state index in [1.807, 2.05) is 19.9 Å². The maximum absolute atomic E-state index is 11.5. The molecule has 0 bridgehead atoms. The lowest BCUT2D eigenvalue weighted by atomic mass is 10.1. The Balaban J connectivity index is 2.13. The summed E-state index contributed by atoms with van der Waals surface area (Å²) in [4.78, 5) is 23.0. The van der Waals surface area contributed by atoms with Crippen LogP contribution in [0.4, 0.5) is 0 Å². The number of methoxy groups -OCH3 is 1.